The quantitative estimate of drug-likeness (QED) is 0.731. The van der Waals surface area contributed by atoms with Crippen LogP contribution in [-0.4, -0.2) is 10.8 Å². The van der Waals surface area contributed by atoms with Crippen LogP contribution in [0, 0.1) is 5.92 Å². The van der Waals surface area contributed by atoms with Crippen LogP contribution in [0.2, 0.25) is 0 Å². The molecule has 0 radical (unpaired) electrons. The molecule has 86 valence electrons. The van der Waals surface area contributed by atoms with Crippen LogP contribution >= 0.6 is 0 Å². The molecule has 1 heterocycles. The second-order valence-electron chi connectivity index (χ2n) is 4.76. The molecule has 0 unspecified atom stereocenters. The number of nitrogens with zero attached hydrogens (tertiary/aromatic N) is 1. The number of aromatic nitrogens is 1. The molecule has 1 aromatic carbocycles. The molecule has 1 fully saturated rings. The number of Topliss-reactive ketones (excluding diaryl/α,β-unsaturated/α-hetero) is 1. The molecule has 0 saturated heterocycles. The lowest BCUT2D eigenvalue weighted by Crippen LogP contribution is -2.11. The fourth-order valence-corrected chi connectivity index (χ4v) is 2.63. The number of para-hydroxylation sites is 1. The van der Waals surface area contributed by atoms with Gasteiger partial charge in [-0.3, -0.25) is 9.78 Å². The predicted molar refractivity (Wildman–Crippen MR) is 68.0 cm³/mol. The molecule has 2 aromatic rings. The van der Waals surface area contributed by atoms with Gasteiger partial charge in [-0.25, -0.2) is 0 Å². The van der Waals surface area contributed by atoms with Gasteiger partial charge in [-0.1, -0.05) is 31.0 Å². The predicted octanol–water partition coefficient (Wildman–Crippen LogP) is 3.61. The zero-order chi connectivity index (χ0) is 11.7. The topological polar surface area (TPSA) is 30.0 Å². The van der Waals surface area contributed by atoms with Crippen LogP contribution in [0.3, 0.4) is 0 Å². The molecule has 2 nitrogen and oxygen atoms in total. The Balaban J connectivity index is 1.97. The SMILES string of the molecule is O=C(c1cnc2ccccc2c1)C1CCCC1. The van der Waals surface area contributed by atoms with Crippen molar-refractivity contribution in [3.8, 4) is 0 Å². The van der Waals surface area contributed by atoms with E-state index in [1.807, 2.05) is 30.3 Å². The normalized spacial score (nSPS) is 16.5. The molecule has 1 aromatic heterocycles. The number of rotatable bonds is 2. The first-order valence-electron chi connectivity index (χ1n) is 6.23. The number of carbonyl (C=O) groups is 1. The second-order valence-corrected chi connectivity index (χ2v) is 4.76. The standard InChI is InChI=1S/C15H15NO/c17-15(11-5-1-2-6-11)13-9-12-7-3-4-8-14(12)16-10-13/h3-4,7-11H,1-2,5-6H2. The lowest BCUT2D eigenvalue weighted by atomic mass is 9.96. The van der Waals surface area contributed by atoms with E-state index in [0.29, 0.717) is 0 Å². The van der Waals surface area contributed by atoms with Crippen molar-refractivity contribution in [3.05, 3.63) is 42.1 Å². The van der Waals surface area contributed by atoms with Crippen molar-refractivity contribution in [2.45, 2.75) is 25.7 Å². The number of carbonyl (C=O) groups excluding carboxylic acids is 1. The van der Waals surface area contributed by atoms with Gasteiger partial charge in [-0.05, 0) is 25.0 Å². The van der Waals surface area contributed by atoms with E-state index in [1.54, 1.807) is 6.20 Å². The molecular formula is C15H15NO. The summed E-state index contributed by atoms with van der Waals surface area (Å²) in [5.74, 6) is 0.513. The molecular weight excluding hydrogens is 210 g/mol. The molecule has 0 bridgehead atoms. The Morgan fingerprint density at radius 3 is 2.76 bits per heavy atom. The van der Waals surface area contributed by atoms with Gasteiger partial charge in [0.25, 0.3) is 0 Å². The van der Waals surface area contributed by atoms with Crippen LogP contribution < -0.4 is 0 Å². The van der Waals surface area contributed by atoms with Crippen molar-refractivity contribution in [2.75, 3.05) is 0 Å². The van der Waals surface area contributed by atoms with Crippen molar-refractivity contribution >= 4 is 16.7 Å². The minimum absolute atomic E-state index is 0.234. The first-order valence-corrected chi connectivity index (χ1v) is 6.23. The molecule has 1 saturated carbocycles. The van der Waals surface area contributed by atoms with E-state index in [0.717, 1.165) is 29.3 Å². The maximum absolute atomic E-state index is 12.3. The molecule has 3 rings (SSSR count). The van der Waals surface area contributed by atoms with Gasteiger partial charge in [0.1, 0.15) is 0 Å². The Bertz CT molecular complexity index is 556. The van der Waals surface area contributed by atoms with Gasteiger partial charge in [-0.15, -0.1) is 0 Å². The zero-order valence-electron chi connectivity index (χ0n) is 9.73. The number of pyridine rings is 1. The number of ketones is 1. The van der Waals surface area contributed by atoms with Gasteiger partial charge in [0.2, 0.25) is 0 Å². The summed E-state index contributed by atoms with van der Waals surface area (Å²) in [6.07, 6.45) is 6.20. The minimum atomic E-state index is 0.234. The van der Waals surface area contributed by atoms with Crippen molar-refractivity contribution < 1.29 is 4.79 Å². The van der Waals surface area contributed by atoms with E-state index in [9.17, 15) is 4.79 Å². The fraction of sp³-hybridized carbons (Fsp3) is 0.333. The Labute approximate surface area is 101 Å². The lowest BCUT2D eigenvalue weighted by molar-refractivity contribution is 0.0922. The van der Waals surface area contributed by atoms with Crippen LogP contribution in [0.4, 0.5) is 0 Å². The van der Waals surface area contributed by atoms with Gasteiger partial charge in [-0.2, -0.15) is 0 Å². The Kier molecular flexibility index (Phi) is 2.63. The molecule has 0 atom stereocenters. The molecule has 0 N–H and O–H groups in total. The number of hydrogen-bond acceptors (Lipinski definition) is 2. The van der Waals surface area contributed by atoms with E-state index in [4.69, 9.17) is 0 Å². The third kappa shape index (κ3) is 1.95. The summed E-state index contributed by atoms with van der Waals surface area (Å²) in [4.78, 5) is 16.6. The van der Waals surface area contributed by atoms with Gasteiger partial charge in [0.15, 0.2) is 5.78 Å². The van der Waals surface area contributed by atoms with E-state index in [1.165, 1.54) is 12.8 Å². The van der Waals surface area contributed by atoms with E-state index in [2.05, 4.69) is 4.98 Å². The van der Waals surface area contributed by atoms with Crippen molar-refractivity contribution in [3.63, 3.8) is 0 Å². The van der Waals surface area contributed by atoms with Gasteiger partial charge < -0.3 is 0 Å². The van der Waals surface area contributed by atoms with Gasteiger partial charge in [0.05, 0.1) is 5.52 Å². The minimum Gasteiger partial charge on any atom is -0.294 e. The summed E-state index contributed by atoms with van der Waals surface area (Å²) in [5, 5.41) is 1.05. The first kappa shape index (κ1) is 10.5. The highest BCUT2D eigenvalue weighted by atomic mass is 16.1. The summed E-state index contributed by atoms with van der Waals surface area (Å²) in [6, 6.07) is 9.90. The fourth-order valence-electron chi connectivity index (χ4n) is 2.63. The summed E-state index contributed by atoms with van der Waals surface area (Å²) in [7, 11) is 0. The monoisotopic (exact) mass is 225 g/mol. The molecule has 17 heavy (non-hydrogen) atoms. The second kappa shape index (κ2) is 4.28. The van der Waals surface area contributed by atoms with Crippen LogP contribution in [0.5, 0.6) is 0 Å². The molecule has 1 aliphatic rings. The van der Waals surface area contributed by atoms with Crippen molar-refractivity contribution in [1.82, 2.24) is 4.98 Å². The third-order valence-corrected chi connectivity index (χ3v) is 3.60. The number of hydrogen-bond donors (Lipinski definition) is 0. The average Bonchev–Trinajstić information content (AvgIpc) is 2.91. The molecule has 0 spiro atoms. The van der Waals surface area contributed by atoms with Crippen LogP contribution in [0.25, 0.3) is 10.9 Å². The smallest absolute Gasteiger partial charge is 0.167 e. The lowest BCUT2D eigenvalue weighted by Gasteiger charge is -2.08. The van der Waals surface area contributed by atoms with Crippen LogP contribution in [0.1, 0.15) is 36.0 Å². The molecule has 0 aliphatic heterocycles. The maximum Gasteiger partial charge on any atom is 0.167 e. The molecule has 2 heteroatoms. The Hall–Kier alpha value is -1.70. The first-order chi connectivity index (χ1) is 8.34. The molecule has 0 amide bonds. The Morgan fingerprint density at radius 1 is 1.18 bits per heavy atom. The largest absolute Gasteiger partial charge is 0.294 e. The average molecular weight is 225 g/mol. The van der Waals surface area contributed by atoms with Gasteiger partial charge >= 0.3 is 0 Å². The van der Waals surface area contributed by atoms with E-state index < -0.39 is 0 Å². The summed E-state index contributed by atoms with van der Waals surface area (Å²) in [5.41, 5.74) is 1.73. The number of fused-ring (bicyclic) bond motifs is 1. The van der Waals surface area contributed by atoms with Crippen LogP contribution in [0.15, 0.2) is 36.5 Å². The van der Waals surface area contributed by atoms with Crippen molar-refractivity contribution in [1.29, 1.82) is 0 Å². The highest BCUT2D eigenvalue weighted by Crippen LogP contribution is 2.28. The summed E-state index contributed by atoms with van der Waals surface area (Å²) in [6.45, 7) is 0. The van der Waals surface area contributed by atoms with Crippen LogP contribution in [-0.2, 0) is 0 Å². The van der Waals surface area contributed by atoms with Crippen molar-refractivity contribution in [2.24, 2.45) is 5.92 Å². The number of benzene rings is 1. The Morgan fingerprint density at radius 2 is 1.94 bits per heavy atom. The van der Waals surface area contributed by atoms with E-state index in [-0.39, 0.29) is 11.7 Å². The summed E-state index contributed by atoms with van der Waals surface area (Å²) < 4.78 is 0. The maximum atomic E-state index is 12.3. The van der Waals surface area contributed by atoms with Gasteiger partial charge in [0, 0.05) is 23.1 Å². The third-order valence-electron chi connectivity index (χ3n) is 3.60. The summed E-state index contributed by atoms with van der Waals surface area (Å²) >= 11 is 0. The molecule has 1 aliphatic carbocycles. The zero-order valence-corrected chi connectivity index (χ0v) is 9.73. The highest BCUT2D eigenvalue weighted by molar-refractivity contribution is 6.00. The van der Waals surface area contributed by atoms with E-state index >= 15 is 0 Å². The highest BCUT2D eigenvalue weighted by Gasteiger charge is 2.23.